The van der Waals surface area contributed by atoms with Gasteiger partial charge in [-0.3, -0.25) is 4.98 Å². The maximum atomic E-state index is 4.46. The number of pyridine rings is 1. The van der Waals surface area contributed by atoms with E-state index in [1.807, 2.05) is 42.5 Å². The van der Waals surface area contributed by atoms with Crippen molar-refractivity contribution in [1.82, 2.24) is 15.0 Å². The zero-order valence-corrected chi connectivity index (χ0v) is 20.1. The number of aromatic nitrogens is 3. The number of hydrogen-bond donors (Lipinski definition) is 1. The van der Waals surface area contributed by atoms with E-state index in [4.69, 9.17) is 0 Å². The number of benzene rings is 1. The summed E-state index contributed by atoms with van der Waals surface area (Å²) < 4.78 is 0. The predicted molar refractivity (Wildman–Crippen MR) is 115 cm³/mol. The Bertz CT molecular complexity index is 743. The third-order valence-corrected chi connectivity index (χ3v) is 6.44. The van der Waals surface area contributed by atoms with Gasteiger partial charge >= 0.3 is 0 Å². The molecule has 157 valence electrons. The standard InChI is InChI=1S/C12H9N3.C10H20.CH3.Ir.H2O/c1-2-6-10-9(5-1)14-12(15-10)11-7-3-4-8-13-11;1-6-7(2)9(4)10(5)8(6)3;;;/h1-8H,(H,14,15);6-10H,1-5H3;1H3;;1H2/q;;-1;;. The van der Waals surface area contributed by atoms with Gasteiger partial charge in [0.1, 0.15) is 5.69 Å². The predicted octanol–water partition coefficient (Wildman–Crippen LogP) is 5.43. The molecule has 3 N–H and O–H groups in total. The Kier molecular flexibility index (Phi) is 10.8. The fourth-order valence-corrected chi connectivity index (χ4v) is 3.97. The van der Waals surface area contributed by atoms with Crippen molar-refractivity contribution in [3.8, 4) is 11.5 Å². The number of rotatable bonds is 1. The number of fused-ring (bicyclic) bond motifs is 1. The molecule has 1 saturated carbocycles. The smallest absolute Gasteiger partial charge is 0.157 e. The first kappa shape index (κ1) is 26.4. The molecule has 5 heteroatoms. The van der Waals surface area contributed by atoms with Crippen molar-refractivity contribution < 1.29 is 25.6 Å². The molecule has 2 heterocycles. The molecule has 4 nitrogen and oxygen atoms in total. The van der Waals surface area contributed by atoms with Gasteiger partial charge in [0.15, 0.2) is 5.82 Å². The van der Waals surface area contributed by atoms with Crippen LogP contribution in [0, 0.1) is 37.0 Å². The Hall–Kier alpha value is -1.55. The summed E-state index contributed by atoms with van der Waals surface area (Å²) in [7, 11) is 0. The molecular formula is C23H34IrN3O-. The van der Waals surface area contributed by atoms with Gasteiger partial charge in [0.05, 0.1) is 11.0 Å². The van der Waals surface area contributed by atoms with Gasteiger partial charge in [-0.25, -0.2) is 4.98 Å². The van der Waals surface area contributed by atoms with Crippen molar-refractivity contribution in [2.75, 3.05) is 0 Å². The molecule has 1 aliphatic rings. The molecule has 0 spiro atoms. The number of nitrogens with one attached hydrogen (secondary N) is 1. The summed E-state index contributed by atoms with van der Waals surface area (Å²) in [5.74, 6) is 5.49. The fraction of sp³-hybridized carbons (Fsp3) is 0.435. The monoisotopic (exact) mass is 561 g/mol. The molecule has 2 aromatic heterocycles. The first-order valence-corrected chi connectivity index (χ1v) is 9.35. The molecule has 0 saturated heterocycles. The quantitative estimate of drug-likeness (QED) is 0.403. The zero-order chi connectivity index (χ0) is 18.0. The topological polar surface area (TPSA) is 73.1 Å². The van der Waals surface area contributed by atoms with E-state index in [-0.39, 0.29) is 33.0 Å². The minimum atomic E-state index is 0. The number of H-pyrrole nitrogens is 1. The summed E-state index contributed by atoms with van der Waals surface area (Å²) in [6.45, 7) is 12.0. The van der Waals surface area contributed by atoms with Crippen molar-refractivity contribution in [2.24, 2.45) is 29.6 Å². The molecule has 0 atom stereocenters. The van der Waals surface area contributed by atoms with Gasteiger partial charge in [-0.05, 0) is 53.9 Å². The number of hydrogen-bond acceptors (Lipinski definition) is 2. The van der Waals surface area contributed by atoms with Crippen LogP contribution in [0.4, 0.5) is 0 Å². The maximum Gasteiger partial charge on any atom is 0.157 e. The van der Waals surface area contributed by atoms with Crippen LogP contribution in [0.25, 0.3) is 22.6 Å². The molecule has 1 aromatic carbocycles. The second kappa shape index (κ2) is 11.5. The molecule has 1 fully saturated rings. The summed E-state index contributed by atoms with van der Waals surface area (Å²) >= 11 is 0. The average Bonchev–Trinajstić information content (AvgIpc) is 3.16. The Morgan fingerprint density at radius 1 is 0.750 bits per heavy atom. The van der Waals surface area contributed by atoms with Gasteiger partial charge in [0.2, 0.25) is 0 Å². The Labute approximate surface area is 183 Å². The third-order valence-electron chi connectivity index (χ3n) is 6.44. The summed E-state index contributed by atoms with van der Waals surface area (Å²) in [4.78, 5) is 12.0. The van der Waals surface area contributed by atoms with E-state index in [1.54, 1.807) is 6.20 Å². The molecule has 1 radical (unpaired) electrons. The molecule has 4 rings (SSSR count). The SMILES string of the molecule is CC1C(C)C(C)C(C)C1C.O.[CH3-].[Ir].c1ccc(-c2nc3ccccc3[nH]2)nc1. The van der Waals surface area contributed by atoms with Gasteiger partial charge in [-0.2, -0.15) is 0 Å². The summed E-state index contributed by atoms with van der Waals surface area (Å²) in [5.41, 5.74) is 2.88. The van der Waals surface area contributed by atoms with Crippen LogP contribution in [0.1, 0.15) is 34.6 Å². The molecule has 0 aliphatic heterocycles. The molecule has 0 unspecified atom stereocenters. The maximum absolute atomic E-state index is 4.46. The molecule has 0 amide bonds. The molecular weight excluding hydrogens is 526 g/mol. The van der Waals surface area contributed by atoms with E-state index in [0.717, 1.165) is 52.1 Å². The number of aromatic amines is 1. The van der Waals surface area contributed by atoms with Gasteiger partial charge in [0.25, 0.3) is 0 Å². The van der Waals surface area contributed by atoms with Gasteiger partial charge in [-0.1, -0.05) is 52.8 Å². The summed E-state index contributed by atoms with van der Waals surface area (Å²) in [6, 6.07) is 13.8. The number of para-hydroxylation sites is 2. The van der Waals surface area contributed by atoms with E-state index >= 15 is 0 Å². The van der Waals surface area contributed by atoms with Crippen LogP contribution in [-0.2, 0) is 20.1 Å². The van der Waals surface area contributed by atoms with Crippen LogP contribution in [0.5, 0.6) is 0 Å². The fourth-order valence-electron chi connectivity index (χ4n) is 3.97. The van der Waals surface area contributed by atoms with E-state index in [9.17, 15) is 0 Å². The minimum absolute atomic E-state index is 0. The van der Waals surface area contributed by atoms with E-state index in [2.05, 4.69) is 49.6 Å². The molecule has 0 bridgehead atoms. The molecule has 28 heavy (non-hydrogen) atoms. The van der Waals surface area contributed by atoms with Crippen LogP contribution in [-0.4, -0.2) is 20.4 Å². The van der Waals surface area contributed by atoms with Crippen LogP contribution < -0.4 is 0 Å². The third kappa shape index (κ3) is 5.50. The van der Waals surface area contributed by atoms with E-state index < -0.39 is 0 Å². The Balaban J connectivity index is 0.000000503. The Morgan fingerprint density at radius 3 is 1.71 bits per heavy atom. The second-order valence-electron chi connectivity index (χ2n) is 7.61. The number of imidazole rings is 1. The minimum Gasteiger partial charge on any atom is -0.412 e. The number of nitrogens with zero attached hydrogens (tertiary/aromatic N) is 2. The van der Waals surface area contributed by atoms with Crippen molar-refractivity contribution in [1.29, 1.82) is 0 Å². The van der Waals surface area contributed by atoms with Crippen LogP contribution in [0.2, 0.25) is 0 Å². The zero-order valence-electron chi connectivity index (χ0n) is 17.7. The van der Waals surface area contributed by atoms with Crippen molar-refractivity contribution >= 4 is 11.0 Å². The summed E-state index contributed by atoms with van der Waals surface area (Å²) in [5, 5.41) is 0. The van der Waals surface area contributed by atoms with Crippen LogP contribution in [0.15, 0.2) is 48.7 Å². The van der Waals surface area contributed by atoms with Crippen LogP contribution >= 0.6 is 0 Å². The largest absolute Gasteiger partial charge is 0.412 e. The summed E-state index contributed by atoms with van der Waals surface area (Å²) in [6.07, 6.45) is 1.77. The average molecular weight is 561 g/mol. The normalized spacial score (nSPS) is 25.5. The van der Waals surface area contributed by atoms with Crippen molar-refractivity contribution in [3.05, 3.63) is 56.1 Å². The first-order chi connectivity index (χ1) is 12.0. The second-order valence-corrected chi connectivity index (χ2v) is 7.61. The van der Waals surface area contributed by atoms with Gasteiger partial charge < -0.3 is 17.9 Å². The molecule has 1 aliphatic carbocycles. The van der Waals surface area contributed by atoms with Crippen molar-refractivity contribution in [3.63, 3.8) is 0 Å². The van der Waals surface area contributed by atoms with Gasteiger partial charge in [0, 0.05) is 26.3 Å². The Morgan fingerprint density at radius 2 is 1.25 bits per heavy atom. The van der Waals surface area contributed by atoms with E-state index in [0.29, 0.717) is 0 Å². The van der Waals surface area contributed by atoms with Crippen molar-refractivity contribution in [2.45, 2.75) is 34.6 Å². The van der Waals surface area contributed by atoms with Crippen LogP contribution in [0.3, 0.4) is 0 Å². The first-order valence-electron chi connectivity index (χ1n) is 9.35. The van der Waals surface area contributed by atoms with Gasteiger partial charge in [-0.15, -0.1) is 0 Å². The van der Waals surface area contributed by atoms with E-state index in [1.165, 1.54) is 0 Å². The molecule has 3 aromatic rings.